The van der Waals surface area contributed by atoms with Crippen LogP contribution in [0.25, 0.3) is 0 Å². The van der Waals surface area contributed by atoms with Gasteiger partial charge in [0.05, 0.1) is 19.1 Å². The second-order valence-corrected chi connectivity index (χ2v) is 6.52. The van der Waals surface area contributed by atoms with Crippen molar-refractivity contribution in [1.82, 2.24) is 29.9 Å². The van der Waals surface area contributed by atoms with Crippen molar-refractivity contribution < 1.29 is 4.79 Å². The molecule has 0 radical (unpaired) electrons. The summed E-state index contributed by atoms with van der Waals surface area (Å²) in [5, 5.41) is 10.9. The highest BCUT2D eigenvalue weighted by Crippen LogP contribution is 2.07. The summed E-state index contributed by atoms with van der Waals surface area (Å²) in [4.78, 5) is 16.4. The highest BCUT2D eigenvalue weighted by molar-refractivity contribution is 5.91. The quantitative estimate of drug-likeness (QED) is 0.541. The van der Waals surface area contributed by atoms with Gasteiger partial charge in [-0.1, -0.05) is 59.8 Å². The number of aromatic nitrogens is 5. The molecule has 1 amide bonds. The Labute approximate surface area is 162 Å². The topological polar surface area (TPSA) is 77.6 Å². The van der Waals surface area contributed by atoms with Gasteiger partial charge in [-0.3, -0.25) is 4.79 Å². The zero-order chi connectivity index (χ0) is 19.2. The maximum atomic E-state index is 12.3. The smallest absolute Gasteiger partial charge is 0.273 e. The summed E-state index contributed by atoms with van der Waals surface area (Å²) in [5.41, 5.74) is 3.62. The van der Waals surface area contributed by atoms with Gasteiger partial charge in [-0.25, -0.2) is 9.67 Å². The third-order valence-corrected chi connectivity index (χ3v) is 4.36. The zero-order valence-electron chi connectivity index (χ0n) is 15.3. The van der Waals surface area contributed by atoms with Gasteiger partial charge in [0, 0.05) is 25.5 Å². The van der Waals surface area contributed by atoms with Crippen molar-refractivity contribution in [3.05, 3.63) is 102 Å². The molecule has 0 aliphatic heterocycles. The highest BCUT2D eigenvalue weighted by Gasteiger charge is 2.10. The summed E-state index contributed by atoms with van der Waals surface area (Å²) in [6, 6.07) is 18.1. The molecule has 0 saturated heterocycles. The molecule has 4 aromatic rings. The van der Waals surface area contributed by atoms with Crippen molar-refractivity contribution in [3.63, 3.8) is 0 Å². The van der Waals surface area contributed by atoms with Crippen LogP contribution in [0.4, 0.5) is 0 Å². The molecule has 140 valence electrons. The number of nitrogens with zero attached hydrogens (tertiary/aromatic N) is 5. The van der Waals surface area contributed by atoms with Gasteiger partial charge in [-0.2, -0.15) is 0 Å². The molecule has 0 spiro atoms. The molecule has 4 rings (SSSR count). The van der Waals surface area contributed by atoms with E-state index >= 15 is 0 Å². The van der Waals surface area contributed by atoms with Crippen LogP contribution >= 0.6 is 0 Å². The van der Waals surface area contributed by atoms with E-state index in [-0.39, 0.29) is 5.91 Å². The first-order valence-electron chi connectivity index (χ1n) is 9.02. The van der Waals surface area contributed by atoms with Gasteiger partial charge in [0.2, 0.25) is 0 Å². The summed E-state index contributed by atoms with van der Waals surface area (Å²) in [6.07, 6.45) is 7.15. The van der Waals surface area contributed by atoms with Crippen LogP contribution in [0.1, 0.15) is 27.2 Å². The number of hydrogen-bond donors (Lipinski definition) is 1. The number of rotatable bonds is 7. The molecule has 0 unspecified atom stereocenters. The lowest BCUT2D eigenvalue weighted by Gasteiger charge is -2.06. The van der Waals surface area contributed by atoms with E-state index in [1.54, 1.807) is 23.4 Å². The summed E-state index contributed by atoms with van der Waals surface area (Å²) >= 11 is 0. The van der Waals surface area contributed by atoms with Crippen LogP contribution in [0.2, 0.25) is 0 Å². The van der Waals surface area contributed by atoms with Gasteiger partial charge in [0.15, 0.2) is 5.69 Å². The molecular formula is C21H20N6O. The Morgan fingerprint density at radius 2 is 1.68 bits per heavy atom. The molecule has 0 saturated carbocycles. The van der Waals surface area contributed by atoms with Crippen molar-refractivity contribution in [2.24, 2.45) is 0 Å². The summed E-state index contributed by atoms with van der Waals surface area (Å²) < 4.78 is 3.67. The predicted octanol–water partition coefficient (Wildman–Crippen LogP) is 2.50. The van der Waals surface area contributed by atoms with Crippen LogP contribution in [0.3, 0.4) is 0 Å². The van der Waals surface area contributed by atoms with Crippen LogP contribution in [0.15, 0.2) is 79.5 Å². The van der Waals surface area contributed by atoms with Crippen LogP contribution in [-0.4, -0.2) is 30.5 Å². The Morgan fingerprint density at radius 3 is 2.43 bits per heavy atom. The number of imidazole rings is 1. The van der Waals surface area contributed by atoms with E-state index in [2.05, 4.69) is 32.7 Å². The van der Waals surface area contributed by atoms with Crippen molar-refractivity contribution in [2.45, 2.75) is 19.6 Å². The van der Waals surface area contributed by atoms with Crippen LogP contribution in [-0.2, 0) is 19.6 Å². The second-order valence-electron chi connectivity index (χ2n) is 6.52. The number of amides is 1. The molecular weight excluding hydrogens is 352 g/mol. The molecule has 2 heterocycles. The molecule has 0 fully saturated rings. The molecule has 7 nitrogen and oxygen atoms in total. The monoisotopic (exact) mass is 372 g/mol. The Morgan fingerprint density at radius 1 is 0.929 bits per heavy atom. The minimum absolute atomic E-state index is 0.234. The van der Waals surface area contributed by atoms with Crippen LogP contribution in [0, 0.1) is 0 Å². The lowest BCUT2D eigenvalue weighted by molar-refractivity contribution is 0.0946. The molecule has 2 aromatic heterocycles. The minimum Gasteiger partial charge on any atom is -0.347 e. The fraction of sp³-hybridized carbons (Fsp3) is 0.143. The summed E-state index contributed by atoms with van der Waals surface area (Å²) in [5.74, 6) is -0.234. The van der Waals surface area contributed by atoms with Crippen molar-refractivity contribution in [1.29, 1.82) is 0 Å². The fourth-order valence-electron chi connectivity index (χ4n) is 2.88. The first-order valence-corrected chi connectivity index (χ1v) is 9.02. The largest absolute Gasteiger partial charge is 0.347 e. The molecule has 7 heteroatoms. The number of carbonyl (C=O) groups is 1. The second kappa shape index (κ2) is 8.30. The number of nitrogens with one attached hydrogen (secondary N) is 1. The van der Waals surface area contributed by atoms with E-state index in [9.17, 15) is 4.79 Å². The zero-order valence-corrected chi connectivity index (χ0v) is 15.3. The van der Waals surface area contributed by atoms with Gasteiger partial charge < -0.3 is 9.88 Å². The van der Waals surface area contributed by atoms with Crippen molar-refractivity contribution >= 4 is 5.91 Å². The Kier molecular flexibility index (Phi) is 5.24. The first-order chi connectivity index (χ1) is 13.8. The number of carbonyl (C=O) groups excluding carboxylic acids is 1. The number of hydrogen-bond acceptors (Lipinski definition) is 4. The average molecular weight is 372 g/mol. The lowest BCUT2D eigenvalue weighted by Crippen LogP contribution is -2.23. The van der Waals surface area contributed by atoms with Crippen molar-refractivity contribution in [2.75, 3.05) is 0 Å². The Bertz CT molecular complexity index is 1020. The summed E-state index contributed by atoms with van der Waals surface area (Å²) in [7, 11) is 0. The van der Waals surface area contributed by atoms with Gasteiger partial charge in [0.25, 0.3) is 5.91 Å². The maximum Gasteiger partial charge on any atom is 0.273 e. The third-order valence-electron chi connectivity index (χ3n) is 4.36. The first kappa shape index (κ1) is 17.7. The summed E-state index contributed by atoms with van der Waals surface area (Å²) in [6.45, 7) is 1.80. The van der Waals surface area contributed by atoms with E-state index in [0.29, 0.717) is 18.8 Å². The lowest BCUT2D eigenvalue weighted by atomic mass is 10.1. The normalized spacial score (nSPS) is 10.7. The predicted molar refractivity (Wildman–Crippen MR) is 105 cm³/mol. The van der Waals surface area contributed by atoms with Crippen molar-refractivity contribution in [3.8, 4) is 0 Å². The molecule has 0 atom stereocenters. The highest BCUT2D eigenvalue weighted by atomic mass is 16.2. The standard InChI is InChI=1S/C21H20N6O/c28-21(20-15-27(25-24-20)14-18-4-2-1-3-5-18)23-12-17-6-8-19(9-7-17)13-26-11-10-22-16-26/h1-11,15-16H,12-14H2,(H,23,28). The van der Waals surface area contributed by atoms with E-state index in [1.807, 2.05) is 53.2 Å². The van der Waals surface area contributed by atoms with E-state index < -0.39 is 0 Å². The number of benzene rings is 2. The van der Waals surface area contributed by atoms with Gasteiger partial charge in [-0.05, 0) is 16.7 Å². The molecule has 28 heavy (non-hydrogen) atoms. The Balaban J connectivity index is 1.30. The molecule has 1 N–H and O–H groups in total. The minimum atomic E-state index is -0.234. The average Bonchev–Trinajstić information content (AvgIpc) is 3.40. The Hall–Kier alpha value is -3.74. The van der Waals surface area contributed by atoms with Gasteiger partial charge in [0.1, 0.15) is 0 Å². The molecule has 2 aromatic carbocycles. The third kappa shape index (κ3) is 4.50. The maximum absolute atomic E-state index is 12.3. The molecule has 0 aliphatic carbocycles. The molecule has 0 aliphatic rings. The van der Waals surface area contributed by atoms with E-state index in [0.717, 1.165) is 17.7 Å². The van der Waals surface area contributed by atoms with Gasteiger partial charge >= 0.3 is 0 Å². The van der Waals surface area contributed by atoms with Crippen LogP contribution in [0.5, 0.6) is 0 Å². The van der Waals surface area contributed by atoms with E-state index in [4.69, 9.17) is 0 Å². The van der Waals surface area contributed by atoms with Crippen LogP contribution < -0.4 is 5.32 Å². The fourth-order valence-corrected chi connectivity index (χ4v) is 2.88. The van der Waals surface area contributed by atoms with E-state index in [1.165, 1.54) is 5.56 Å². The molecule has 0 bridgehead atoms. The van der Waals surface area contributed by atoms with Gasteiger partial charge in [-0.15, -0.1) is 5.10 Å². The SMILES string of the molecule is O=C(NCc1ccc(Cn2ccnc2)cc1)c1cn(Cc2ccccc2)nn1.